The zero-order chi connectivity index (χ0) is 9.90. The average molecular weight is 266 g/mol. The largest absolute Gasteiger partial charge is 0.333 e. The smallest absolute Gasteiger partial charge is 0.253 e. The highest BCUT2D eigenvalue weighted by Gasteiger charge is 2.04. The van der Waals surface area contributed by atoms with E-state index in [4.69, 9.17) is 0 Å². The molecule has 0 aliphatic rings. The van der Waals surface area contributed by atoms with Crippen LogP contribution in [0.4, 0.5) is 0 Å². The van der Waals surface area contributed by atoms with E-state index in [0.29, 0.717) is 0 Å². The summed E-state index contributed by atoms with van der Waals surface area (Å²) >= 11 is 3.25. The molecule has 0 radical (unpaired) electrons. The van der Waals surface area contributed by atoms with E-state index in [2.05, 4.69) is 25.3 Å². The van der Waals surface area contributed by atoms with Gasteiger partial charge in [0, 0.05) is 4.47 Å². The van der Waals surface area contributed by atoms with Gasteiger partial charge in [0.2, 0.25) is 0 Å². The van der Waals surface area contributed by atoms with E-state index in [1.807, 2.05) is 6.07 Å². The fraction of sp³-hybridized carbons (Fsp3) is 0.143. The normalized spacial score (nSPS) is 11.5. The summed E-state index contributed by atoms with van der Waals surface area (Å²) in [5.41, 5.74) is 0.733. The van der Waals surface area contributed by atoms with Crippen LogP contribution in [0.1, 0.15) is 5.56 Å². The van der Waals surface area contributed by atoms with Crippen molar-refractivity contribution in [3.05, 3.63) is 34.3 Å². The Bertz CT molecular complexity index is 390. The molecular weight excluding hydrogens is 258 g/mol. The molecule has 13 heavy (non-hydrogen) atoms. The monoisotopic (exact) mass is 265 g/mol. The molecule has 0 fully saturated rings. The van der Waals surface area contributed by atoms with Crippen LogP contribution >= 0.6 is 15.9 Å². The van der Waals surface area contributed by atoms with E-state index < -0.39 is 10.3 Å². The van der Waals surface area contributed by atoms with Gasteiger partial charge in [0.25, 0.3) is 0 Å². The Morgan fingerprint density at radius 2 is 2.00 bits per heavy atom. The van der Waals surface area contributed by atoms with Crippen LogP contribution in [0.2, 0.25) is 0 Å². The predicted molar refractivity (Wildman–Crippen MR) is 52.0 cm³/mol. The first-order valence-electron chi connectivity index (χ1n) is 3.39. The summed E-state index contributed by atoms with van der Waals surface area (Å²) < 4.78 is 26.1. The first-order chi connectivity index (χ1) is 5.99. The highest BCUT2D eigenvalue weighted by atomic mass is 79.9. The summed E-state index contributed by atoms with van der Waals surface area (Å²) in [6.45, 7) is -0.0553. The first-order valence-corrected chi connectivity index (χ1v) is 5.66. The van der Waals surface area contributed by atoms with Crippen LogP contribution in [0.25, 0.3) is 0 Å². The summed E-state index contributed by atoms with van der Waals surface area (Å²) in [5.74, 6) is 0. The molecule has 0 spiro atoms. The lowest BCUT2D eigenvalue weighted by Gasteiger charge is -2.02. The third kappa shape index (κ3) is 3.86. The van der Waals surface area contributed by atoms with Crippen LogP contribution in [0, 0.1) is 0 Å². The van der Waals surface area contributed by atoms with Gasteiger partial charge in [0.05, 0.1) is 6.61 Å². The zero-order valence-electron chi connectivity index (χ0n) is 6.60. The van der Waals surface area contributed by atoms with Crippen molar-refractivity contribution < 1.29 is 12.6 Å². The van der Waals surface area contributed by atoms with Crippen LogP contribution in [-0.4, -0.2) is 8.42 Å². The molecule has 0 saturated carbocycles. The van der Waals surface area contributed by atoms with Crippen molar-refractivity contribution in [3.8, 4) is 0 Å². The Hall–Kier alpha value is -0.430. The second-order valence-corrected chi connectivity index (χ2v) is 4.42. The number of nitrogens with two attached hydrogens (primary N) is 1. The average Bonchev–Trinajstić information content (AvgIpc) is 2.01. The van der Waals surface area contributed by atoms with Gasteiger partial charge in [-0.1, -0.05) is 34.1 Å². The molecule has 1 rings (SSSR count). The van der Waals surface area contributed by atoms with Gasteiger partial charge in [-0.2, -0.15) is 8.42 Å². The highest BCUT2D eigenvalue weighted by Crippen LogP contribution is 2.16. The Balaban J connectivity index is 2.71. The third-order valence-electron chi connectivity index (χ3n) is 1.34. The Kier molecular flexibility index (Phi) is 3.43. The molecule has 0 unspecified atom stereocenters. The van der Waals surface area contributed by atoms with Crippen molar-refractivity contribution >= 4 is 26.2 Å². The molecule has 0 heterocycles. The highest BCUT2D eigenvalue weighted by molar-refractivity contribution is 9.10. The van der Waals surface area contributed by atoms with E-state index in [9.17, 15) is 8.42 Å². The first kappa shape index (κ1) is 10.6. The summed E-state index contributed by atoms with van der Waals surface area (Å²) in [6, 6.07) is 7.15. The standard InChI is InChI=1S/C7H8BrNO3S/c8-7-4-2-1-3-6(7)5-12-13(9,10)11/h1-4H,5H2,(H2,9,10,11). The van der Waals surface area contributed by atoms with E-state index in [0.717, 1.165) is 10.0 Å². The molecule has 6 heteroatoms. The fourth-order valence-electron chi connectivity index (χ4n) is 0.761. The molecule has 72 valence electrons. The van der Waals surface area contributed by atoms with Crippen molar-refractivity contribution in [2.24, 2.45) is 5.14 Å². The lowest BCUT2D eigenvalue weighted by molar-refractivity contribution is 0.308. The van der Waals surface area contributed by atoms with E-state index in [1.54, 1.807) is 18.2 Å². The quantitative estimate of drug-likeness (QED) is 0.892. The summed E-state index contributed by atoms with van der Waals surface area (Å²) in [7, 11) is -3.86. The van der Waals surface area contributed by atoms with Crippen LogP contribution in [0.5, 0.6) is 0 Å². The molecule has 1 aromatic rings. The number of hydrogen-bond acceptors (Lipinski definition) is 3. The minimum absolute atomic E-state index is 0.0553. The second-order valence-electron chi connectivity index (χ2n) is 2.35. The lowest BCUT2D eigenvalue weighted by Crippen LogP contribution is -2.15. The molecule has 0 aliphatic carbocycles. The molecule has 0 saturated heterocycles. The van der Waals surface area contributed by atoms with Crippen LogP contribution in [-0.2, 0) is 21.1 Å². The molecule has 0 aliphatic heterocycles. The van der Waals surface area contributed by atoms with E-state index in [-0.39, 0.29) is 6.61 Å². The van der Waals surface area contributed by atoms with Gasteiger partial charge < -0.3 is 0 Å². The van der Waals surface area contributed by atoms with Gasteiger partial charge in [-0.3, -0.25) is 4.18 Å². The van der Waals surface area contributed by atoms with Crippen LogP contribution in [0.15, 0.2) is 28.7 Å². The predicted octanol–water partition coefficient (Wildman–Crippen LogP) is 1.17. The lowest BCUT2D eigenvalue weighted by atomic mass is 10.2. The Labute approximate surface area is 85.1 Å². The zero-order valence-corrected chi connectivity index (χ0v) is 9.01. The van der Waals surface area contributed by atoms with Gasteiger partial charge >= 0.3 is 10.3 Å². The maximum absolute atomic E-state index is 10.5. The van der Waals surface area contributed by atoms with Crippen molar-refractivity contribution in [1.82, 2.24) is 0 Å². The molecule has 0 amide bonds. The topological polar surface area (TPSA) is 69.4 Å². The Morgan fingerprint density at radius 1 is 1.38 bits per heavy atom. The van der Waals surface area contributed by atoms with E-state index >= 15 is 0 Å². The van der Waals surface area contributed by atoms with Gasteiger partial charge in [-0.25, -0.2) is 5.14 Å². The molecular formula is C7H8BrNO3S. The number of benzene rings is 1. The minimum Gasteiger partial charge on any atom is -0.253 e. The third-order valence-corrected chi connectivity index (χ3v) is 2.56. The summed E-state index contributed by atoms with van der Waals surface area (Å²) in [4.78, 5) is 0. The minimum atomic E-state index is -3.86. The molecule has 1 aromatic carbocycles. The number of halogens is 1. The van der Waals surface area contributed by atoms with Crippen LogP contribution in [0.3, 0.4) is 0 Å². The summed E-state index contributed by atoms with van der Waals surface area (Å²) in [6.07, 6.45) is 0. The molecule has 0 bridgehead atoms. The summed E-state index contributed by atoms with van der Waals surface area (Å²) in [5, 5.41) is 4.67. The van der Waals surface area contributed by atoms with Crippen molar-refractivity contribution in [1.29, 1.82) is 0 Å². The fourth-order valence-corrected chi connectivity index (χ4v) is 1.45. The van der Waals surface area contributed by atoms with Crippen LogP contribution < -0.4 is 5.14 Å². The molecule has 4 nitrogen and oxygen atoms in total. The van der Waals surface area contributed by atoms with Gasteiger partial charge in [0.1, 0.15) is 0 Å². The van der Waals surface area contributed by atoms with Gasteiger partial charge in [-0.15, -0.1) is 0 Å². The molecule has 0 aromatic heterocycles. The van der Waals surface area contributed by atoms with Gasteiger partial charge in [0.15, 0.2) is 0 Å². The van der Waals surface area contributed by atoms with Crippen molar-refractivity contribution in [2.75, 3.05) is 0 Å². The maximum Gasteiger partial charge on any atom is 0.333 e. The van der Waals surface area contributed by atoms with Crippen molar-refractivity contribution in [3.63, 3.8) is 0 Å². The Morgan fingerprint density at radius 3 is 2.54 bits per heavy atom. The SMILES string of the molecule is NS(=O)(=O)OCc1ccccc1Br. The van der Waals surface area contributed by atoms with E-state index in [1.165, 1.54) is 0 Å². The molecule has 2 N–H and O–H groups in total. The maximum atomic E-state index is 10.5. The molecule has 0 atom stereocenters. The number of rotatable bonds is 3. The second kappa shape index (κ2) is 4.19. The van der Waals surface area contributed by atoms with Gasteiger partial charge in [-0.05, 0) is 11.6 Å². The van der Waals surface area contributed by atoms with Crippen molar-refractivity contribution in [2.45, 2.75) is 6.61 Å². The number of hydrogen-bond donors (Lipinski definition) is 1.